The number of ether oxygens (including phenoxy) is 9. The molecule has 1 aromatic carbocycles. The highest BCUT2D eigenvalue weighted by Crippen LogP contribution is 2.38. The van der Waals surface area contributed by atoms with Gasteiger partial charge in [0.05, 0.1) is 44.2 Å². The fraction of sp³-hybridized carbons (Fsp3) is 0.824. The van der Waals surface area contributed by atoms with Gasteiger partial charge in [0.1, 0.15) is 25.4 Å². The van der Waals surface area contributed by atoms with Gasteiger partial charge in [-0.15, -0.1) is 0 Å². The summed E-state index contributed by atoms with van der Waals surface area (Å²) in [5.74, 6) is 0.273. The van der Waals surface area contributed by atoms with E-state index in [1.54, 1.807) is 14.2 Å². The van der Waals surface area contributed by atoms with Crippen molar-refractivity contribution in [3.05, 3.63) is 29.8 Å². The van der Waals surface area contributed by atoms with Gasteiger partial charge in [-0.1, -0.05) is 45.6 Å². The van der Waals surface area contributed by atoms with Gasteiger partial charge in [-0.25, -0.2) is 0 Å². The maximum atomic E-state index is 11.7. The number of hydrogen-bond donors (Lipinski definition) is 1. The Morgan fingerprint density at radius 1 is 0.978 bits per heavy atom. The fourth-order valence-electron chi connectivity index (χ4n) is 5.74. The molecule has 2 aliphatic rings. The number of rotatable bonds is 19. The van der Waals surface area contributed by atoms with Gasteiger partial charge < -0.3 is 47.7 Å². The first-order valence-electron chi connectivity index (χ1n) is 16.5. The van der Waals surface area contributed by atoms with Gasteiger partial charge in [0.15, 0.2) is 12.1 Å². The molecule has 0 unspecified atom stereocenters. The second-order valence-corrected chi connectivity index (χ2v) is 20.0. The highest BCUT2D eigenvalue weighted by molar-refractivity contribution is 6.76. The van der Waals surface area contributed by atoms with Crippen molar-refractivity contribution in [3.8, 4) is 5.75 Å². The molecule has 0 radical (unpaired) electrons. The van der Waals surface area contributed by atoms with E-state index in [2.05, 4.69) is 40.4 Å². The second-order valence-electron chi connectivity index (χ2n) is 14.4. The van der Waals surface area contributed by atoms with Crippen LogP contribution >= 0.6 is 0 Å². The Hall–Kier alpha value is -1.12. The predicted octanol–water partition coefficient (Wildman–Crippen LogP) is 6.14. The highest BCUT2D eigenvalue weighted by Gasteiger charge is 2.44. The summed E-state index contributed by atoms with van der Waals surface area (Å²) in [6, 6.07) is 8.74. The number of methoxy groups -OCH3 is 2. The van der Waals surface area contributed by atoms with Gasteiger partial charge >= 0.3 is 0 Å². The summed E-state index contributed by atoms with van der Waals surface area (Å²) < 4.78 is 53.4. The van der Waals surface area contributed by atoms with E-state index in [-0.39, 0.29) is 43.7 Å². The van der Waals surface area contributed by atoms with Crippen molar-refractivity contribution in [2.75, 3.05) is 41.0 Å². The third kappa shape index (κ3) is 12.8. The maximum absolute atomic E-state index is 11.7. The third-order valence-electron chi connectivity index (χ3n) is 8.71. The Labute approximate surface area is 272 Å². The quantitative estimate of drug-likeness (QED) is 0.106. The van der Waals surface area contributed by atoms with Crippen molar-refractivity contribution >= 4 is 8.07 Å². The summed E-state index contributed by atoms with van der Waals surface area (Å²) in [7, 11) is 2.10. The molecular formula is C34H60O10Si. The molecule has 3 rings (SSSR count). The minimum atomic E-state index is -1.14. The molecule has 2 aliphatic heterocycles. The van der Waals surface area contributed by atoms with Crippen molar-refractivity contribution < 1.29 is 47.7 Å². The molecule has 0 amide bonds. The van der Waals surface area contributed by atoms with Crippen LogP contribution in [0.4, 0.5) is 0 Å². The number of benzene rings is 1. The Kier molecular flexibility index (Phi) is 15.2. The van der Waals surface area contributed by atoms with Crippen LogP contribution in [0.3, 0.4) is 0 Å². The van der Waals surface area contributed by atoms with Crippen LogP contribution in [0.15, 0.2) is 24.3 Å². The van der Waals surface area contributed by atoms with Crippen LogP contribution in [0, 0.1) is 11.8 Å². The SMILES string of the molecule is COCO[C@@H](C[C@@H](C)[C@H](C)OCOCC[Si](C)(C)C)C[C@H]1O[C@@H](c2ccc(OC)cc2)O[C@@H]([C@H](C)C[C@@H]2COC(C)(C)O2)[C@@H]1O. The van der Waals surface area contributed by atoms with Gasteiger partial charge in [0, 0.05) is 33.8 Å². The van der Waals surface area contributed by atoms with Crippen LogP contribution in [0.2, 0.25) is 25.7 Å². The third-order valence-corrected chi connectivity index (χ3v) is 10.4. The van der Waals surface area contributed by atoms with Crippen LogP contribution in [-0.2, 0) is 37.9 Å². The van der Waals surface area contributed by atoms with Gasteiger partial charge in [0.2, 0.25) is 0 Å². The normalized spacial score (nSPS) is 28.0. The lowest BCUT2D eigenvalue weighted by Gasteiger charge is -2.43. The largest absolute Gasteiger partial charge is 0.497 e. The molecule has 0 spiro atoms. The molecule has 1 aromatic rings. The van der Waals surface area contributed by atoms with E-state index in [0.717, 1.165) is 24.0 Å². The van der Waals surface area contributed by atoms with Crippen LogP contribution in [0.1, 0.15) is 65.7 Å². The first-order valence-corrected chi connectivity index (χ1v) is 20.2. The van der Waals surface area contributed by atoms with Crippen LogP contribution in [0.25, 0.3) is 0 Å². The summed E-state index contributed by atoms with van der Waals surface area (Å²) in [6.07, 6.45) is -1.07. The van der Waals surface area contributed by atoms with Gasteiger partial charge in [-0.2, -0.15) is 0 Å². The van der Waals surface area contributed by atoms with Crippen molar-refractivity contribution in [1.29, 1.82) is 0 Å². The average Bonchev–Trinajstić information content (AvgIpc) is 3.33. The Morgan fingerprint density at radius 3 is 2.29 bits per heavy atom. The minimum Gasteiger partial charge on any atom is -0.497 e. The van der Waals surface area contributed by atoms with E-state index in [1.807, 2.05) is 38.1 Å². The Morgan fingerprint density at radius 2 is 1.69 bits per heavy atom. The van der Waals surface area contributed by atoms with Crippen molar-refractivity contribution in [2.24, 2.45) is 11.8 Å². The van der Waals surface area contributed by atoms with E-state index in [1.165, 1.54) is 0 Å². The van der Waals surface area contributed by atoms with E-state index in [0.29, 0.717) is 25.9 Å². The van der Waals surface area contributed by atoms with Crippen molar-refractivity contribution in [2.45, 2.75) is 128 Å². The molecule has 11 heteroatoms. The topological polar surface area (TPSA) is 103 Å². The highest BCUT2D eigenvalue weighted by atomic mass is 28.3. The zero-order valence-corrected chi connectivity index (χ0v) is 30.3. The maximum Gasteiger partial charge on any atom is 0.184 e. The van der Waals surface area contributed by atoms with Crippen LogP contribution in [-0.4, -0.2) is 96.6 Å². The smallest absolute Gasteiger partial charge is 0.184 e. The summed E-state index contributed by atoms with van der Waals surface area (Å²) in [6.45, 7) is 18.8. The van der Waals surface area contributed by atoms with E-state index < -0.39 is 38.5 Å². The van der Waals surface area contributed by atoms with E-state index >= 15 is 0 Å². The Bertz CT molecular complexity index is 971. The van der Waals surface area contributed by atoms with Crippen LogP contribution in [0.5, 0.6) is 5.75 Å². The zero-order chi connectivity index (χ0) is 33.2. The Balaban J connectivity index is 1.69. The molecule has 10 nitrogen and oxygen atoms in total. The molecule has 0 aliphatic carbocycles. The average molecular weight is 657 g/mol. The van der Waals surface area contributed by atoms with Gasteiger partial charge in [-0.05, 0) is 63.6 Å². The lowest BCUT2D eigenvalue weighted by molar-refractivity contribution is -0.304. The monoisotopic (exact) mass is 656 g/mol. The number of aliphatic hydroxyl groups excluding tert-OH is 1. The molecule has 1 N–H and O–H groups in total. The van der Waals surface area contributed by atoms with Gasteiger partial charge in [0.25, 0.3) is 0 Å². The van der Waals surface area contributed by atoms with Crippen LogP contribution < -0.4 is 4.74 Å². The summed E-state index contributed by atoms with van der Waals surface area (Å²) in [5.41, 5.74) is 0.852. The molecule has 0 bridgehead atoms. The lowest BCUT2D eigenvalue weighted by Crippen LogP contribution is -2.51. The molecule has 2 heterocycles. The summed E-state index contributed by atoms with van der Waals surface area (Å²) in [5, 5.41) is 11.7. The lowest BCUT2D eigenvalue weighted by atomic mass is 9.87. The minimum absolute atomic E-state index is 0.0266. The molecule has 0 aromatic heterocycles. The summed E-state index contributed by atoms with van der Waals surface area (Å²) in [4.78, 5) is 0. The van der Waals surface area contributed by atoms with Crippen molar-refractivity contribution in [3.63, 3.8) is 0 Å². The van der Waals surface area contributed by atoms with E-state index in [9.17, 15) is 5.11 Å². The standard InChI is InChI=1S/C34H60O10Si/c1-23(25(3)39-22-38-15-16-45(8,9)10)17-28(40-21-36-6)19-30-31(35)32(24(2)18-29-20-41-34(4,5)44-29)43-33(42-30)26-11-13-27(37-7)14-12-26/h11-14,23-25,28-33,35H,15-22H2,1-10H3/t23-,24-,25+,28+,29-,30-,31-,32+,33-/m1/s1. The molecule has 260 valence electrons. The number of hydrogen-bond acceptors (Lipinski definition) is 10. The van der Waals surface area contributed by atoms with Crippen molar-refractivity contribution in [1.82, 2.24) is 0 Å². The fourth-order valence-corrected chi connectivity index (χ4v) is 6.49. The van der Waals surface area contributed by atoms with E-state index in [4.69, 9.17) is 42.6 Å². The predicted molar refractivity (Wildman–Crippen MR) is 175 cm³/mol. The molecular weight excluding hydrogens is 596 g/mol. The zero-order valence-electron chi connectivity index (χ0n) is 29.3. The number of aliphatic hydroxyl groups is 1. The molecule has 2 saturated heterocycles. The first-order chi connectivity index (χ1) is 21.2. The molecule has 45 heavy (non-hydrogen) atoms. The molecule has 0 saturated carbocycles. The first kappa shape index (κ1) is 38.3. The van der Waals surface area contributed by atoms with Gasteiger partial charge in [-0.3, -0.25) is 0 Å². The second kappa shape index (κ2) is 17.9. The molecule has 2 fully saturated rings. The summed E-state index contributed by atoms with van der Waals surface area (Å²) >= 11 is 0. The molecule has 9 atom stereocenters.